The molecule has 0 bridgehead atoms. The molecule has 0 saturated heterocycles. The first-order chi connectivity index (χ1) is 15.0. The van der Waals surface area contributed by atoms with E-state index in [1.807, 2.05) is 68.4 Å². The van der Waals surface area contributed by atoms with Crippen LogP contribution in [-0.2, 0) is 11.3 Å². The summed E-state index contributed by atoms with van der Waals surface area (Å²) in [6, 6.07) is 17.1. The lowest BCUT2D eigenvalue weighted by Gasteiger charge is -2.18. The summed E-state index contributed by atoms with van der Waals surface area (Å²) in [5, 5.41) is 5.80. The lowest BCUT2D eigenvalue weighted by molar-refractivity contribution is -0.118. The Hall–Kier alpha value is -3.32. The average Bonchev–Trinajstić information content (AvgIpc) is 3.28. The molecule has 31 heavy (non-hydrogen) atoms. The molecule has 2 N–H and O–H groups in total. The van der Waals surface area contributed by atoms with E-state index in [0.29, 0.717) is 24.6 Å². The molecule has 2 amide bonds. The molecule has 0 saturated carbocycles. The molecule has 1 aromatic heterocycles. The Kier molecular flexibility index (Phi) is 6.23. The third-order valence-electron chi connectivity index (χ3n) is 4.86. The highest BCUT2D eigenvalue weighted by molar-refractivity contribution is 7.17. The lowest BCUT2D eigenvalue weighted by Crippen LogP contribution is -2.21. The summed E-state index contributed by atoms with van der Waals surface area (Å²) < 4.78 is 11.2. The number of hydrogen-bond donors (Lipinski definition) is 2. The summed E-state index contributed by atoms with van der Waals surface area (Å²) in [7, 11) is 0. The number of amides is 2. The lowest BCUT2D eigenvalue weighted by atomic mass is 10.1. The number of nitrogens with one attached hydrogen (secondary N) is 2. The molecule has 0 radical (unpaired) electrons. The summed E-state index contributed by atoms with van der Waals surface area (Å²) >= 11 is 1.44. The van der Waals surface area contributed by atoms with Gasteiger partial charge >= 0.3 is 0 Å². The average molecular weight is 437 g/mol. The van der Waals surface area contributed by atoms with E-state index in [0.717, 1.165) is 33.2 Å². The van der Waals surface area contributed by atoms with Gasteiger partial charge in [-0.1, -0.05) is 26.0 Å². The van der Waals surface area contributed by atoms with Crippen molar-refractivity contribution in [3.8, 4) is 21.9 Å². The molecule has 4 rings (SSSR count). The zero-order valence-corrected chi connectivity index (χ0v) is 18.3. The highest BCUT2D eigenvalue weighted by Gasteiger charge is 2.15. The van der Waals surface area contributed by atoms with Crippen LogP contribution in [0.4, 0.5) is 5.69 Å². The van der Waals surface area contributed by atoms with E-state index >= 15 is 0 Å². The zero-order valence-electron chi connectivity index (χ0n) is 17.4. The molecule has 2 heterocycles. The molecule has 1 aliphatic rings. The van der Waals surface area contributed by atoms with Crippen molar-refractivity contribution in [1.82, 2.24) is 5.32 Å². The summed E-state index contributed by atoms with van der Waals surface area (Å²) in [5.41, 5.74) is 2.70. The second-order valence-corrected chi connectivity index (χ2v) is 8.63. The van der Waals surface area contributed by atoms with Gasteiger partial charge in [0.05, 0.1) is 4.88 Å². The summed E-state index contributed by atoms with van der Waals surface area (Å²) in [5.74, 6) is 1.27. The van der Waals surface area contributed by atoms with Crippen molar-refractivity contribution < 1.29 is 19.1 Å². The Bertz CT molecular complexity index is 1090. The fourth-order valence-corrected chi connectivity index (χ4v) is 3.99. The van der Waals surface area contributed by atoms with E-state index < -0.39 is 0 Å². The summed E-state index contributed by atoms with van der Waals surface area (Å²) in [6.07, 6.45) is 0. The van der Waals surface area contributed by atoms with Crippen LogP contribution in [0.25, 0.3) is 10.4 Å². The Balaban J connectivity index is 1.36. The molecule has 7 heteroatoms. The van der Waals surface area contributed by atoms with Gasteiger partial charge in [0, 0.05) is 23.0 Å². The van der Waals surface area contributed by atoms with Gasteiger partial charge in [-0.3, -0.25) is 9.59 Å². The van der Waals surface area contributed by atoms with Gasteiger partial charge in [0.15, 0.2) is 11.5 Å². The minimum absolute atomic E-state index is 0.0208. The van der Waals surface area contributed by atoms with Crippen molar-refractivity contribution in [1.29, 1.82) is 0 Å². The van der Waals surface area contributed by atoms with Crippen LogP contribution < -0.4 is 20.1 Å². The zero-order chi connectivity index (χ0) is 21.8. The van der Waals surface area contributed by atoms with E-state index in [9.17, 15) is 9.59 Å². The van der Waals surface area contributed by atoms with E-state index in [1.54, 1.807) is 0 Å². The van der Waals surface area contributed by atoms with E-state index in [4.69, 9.17) is 9.47 Å². The normalized spacial score (nSPS) is 12.5. The third kappa shape index (κ3) is 5.06. The number of thiophene rings is 1. The second kappa shape index (κ2) is 9.22. The number of fused-ring (bicyclic) bond motifs is 1. The van der Waals surface area contributed by atoms with Crippen LogP contribution in [0.2, 0.25) is 0 Å². The molecule has 0 aliphatic carbocycles. The maximum absolute atomic E-state index is 12.6. The largest absolute Gasteiger partial charge is 0.486 e. The van der Waals surface area contributed by atoms with Crippen molar-refractivity contribution >= 4 is 28.8 Å². The number of carbonyl (C=O) groups is 2. The van der Waals surface area contributed by atoms with Crippen LogP contribution in [0.5, 0.6) is 11.5 Å². The standard InChI is InChI=1S/C24H24N2O4S/c1-15(2)23(27)26-18-6-3-16(4-7-18)14-25-24(28)22-10-9-21(31-22)17-5-8-19-20(13-17)30-12-11-29-19/h3-10,13,15H,11-12,14H2,1-2H3,(H,25,28)(H,26,27). The van der Waals surface area contributed by atoms with Crippen molar-refractivity contribution in [2.75, 3.05) is 18.5 Å². The van der Waals surface area contributed by atoms with Gasteiger partial charge in [-0.15, -0.1) is 11.3 Å². The molecule has 0 atom stereocenters. The molecule has 6 nitrogen and oxygen atoms in total. The second-order valence-electron chi connectivity index (χ2n) is 7.55. The maximum Gasteiger partial charge on any atom is 0.261 e. The number of hydrogen-bond acceptors (Lipinski definition) is 5. The number of ether oxygens (including phenoxy) is 2. The van der Waals surface area contributed by atoms with Crippen LogP contribution in [-0.4, -0.2) is 25.0 Å². The van der Waals surface area contributed by atoms with Crippen molar-refractivity contribution in [2.24, 2.45) is 5.92 Å². The first-order valence-corrected chi connectivity index (χ1v) is 11.0. The Morgan fingerprint density at radius 1 is 0.968 bits per heavy atom. The molecular weight excluding hydrogens is 412 g/mol. The van der Waals surface area contributed by atoms with Gasteiger partial charge in [-0.25, -0.2) is 0 Å². The van der Waals surface area contributed by atoms with Gasteiger partial charge in [0.2, 0.25) is 5.91 Å². The van der Waals surface area contributed by atoms with Crippen LogP contribution >= 0.6 is 11.3 Å². The smallest absolute Gasteiger partial charge is 0.261 e. The Morgan fingerprint density at radius 2 is 1.71 bits per heavy atom. The third-order valence-corrected chi connectivity index (χ3v) is 5.99. The highest BCUT2D eigenvalue weighted by atomic mass is 32.1. The molecule has 0 fully saturated rings. The Morgan fingerprint density at radius 3 is 2.45 bits per heavy atom. The number of rotatable bonds is 6. The molecule has 2 aromatic carbocycles. The van der Waals surface area contributed by atoms with E-state index in [1.165, 1.54) is 11.3 Å². The van der Waals surface area contributed by atoms with Crippen molar-refractivity contribution in [3.05, 3.63) is 65.0 Å². The van der Waals surface area contributed by atoms with Crippen LogP contribution in [0.1, 0.15) is 29.1 Å². The van der Waals surface area contributed by atoms with Gasteiger partial charge in [-0.2, -0.15) is 0 Å². The first-order valence-electron chi connectivity index (χ1n) is 10.2. The highest BCUT2D eigenvalue weighted by Crippen LogP contribution is 2.36. The van der Waals surface area contributed by atoms with E-state index in [2.05, 4.69) is 10.6 Å². The minimum atomic E-state index is -0.119. The summed E-state index contributed by atoms with van der Waals surface area (Å²) in [6.45, 7) is 5.21. The number of benzene rings is 2. The first kappa shape index (κ1) is 20.9. The topological polar surface area (TPSA) is 76.7 Å². The van der Waals surface area contributed by atoms with Crippen molar-refractivity contribution in [3.63, 3.8) is 0 Å². The van der Waals surface area contributed by atoms with E-state index in [-0.39, 0.29) is 17.7 Å². The predicted octanol–water partition coefficient (Wildman–Crippen LogP) is 4.71. The quantitative estimate of drug-likeness (QED) is 0.587. The van der Waals surface area contributed by atoms with Crippen LogP contribution in [0.15, 0.2) is 54.6 Å². The van der Waals surface area contributed by atoms with Gasteiger partial charge in [0.1, 0.15) is 13.2 Å². The number of anilines is 1. The van der Waals surface area contributed by atoms with Gasteiger partial charge in [0.25, 0.3) is 5.91 Å². The van der Waals surface area contributed by atoms with Gasteiger partial charge < -0.3 is 20.1 Å². The number of carbonyl (C=O) groups excluding carboxylic acids is 2. The molecule has 1 aliphatic heterocycles. The predicted molar refractivity (Wildman–Crippen MR) is 122 cm³/mol. The minimum Gasteiger partial charge on any atom is -0.486 e. The van der Waals surface area contributed by atoms with Crippen LogP contribution in [0, 0.1) is 5.92 Å². The fourth-order valence-electron chi connectivity index (χ4n) is 3.07. The van der Waals surface area contributed by atoms with Gasteiger partial charge in [-0.05, 0) is 53.6 Å². The molecule has 160 valence electrons. The van der Waals surface area contributed by atoms with Crippen molar-refractivity contribution in [2.45, 2.75) is 20.4 Å². The maximum atomic E-state index is 12.6. The monoisotopic (exact) mass is 436 g/mol. The van der Waals surface area contributed by atoms with Crippen LogP contribution in [0.3, 0.4) is 0 Å². The SMILES string of the molecule is CC(C)C(=O)Nc1ccc(CNC(=O)c2ccc(-c3ccc4c(c3)OCCO4)s2)cc1. The molecule has 3 aromatic rings. The molecular formula is C24H24N2O4S. The molecule has 0 spiro atoms. The Labute approximate surface area is 185 Å². The molecule has 0 unspecified atom stereocenters. The fraction of sp³-hybridized carbons (Fsp3) is 0.250. The summed E-state index contributed by atoms with van der Waals surface area (Å²) in [4.78, 5) is 26.0.